The van der Waals surface area contributed by atoms with E-state index in [-0.39, 0.29) is 12.3 Å². The number of benzene rings is 1. The van der Waals surface area contributed by atoms with Crippen molar-refractivity contribution in [3.8, 4) is 17.1 Å². The Balaban J connectivity index is 1.73. The van der Waals surface area contributed by atoms with Gasteiger partial charge < -0.3 is 4.74 Å². The first-order valence-electron chi connectivity index (χ1n) is 6.62. The zero-order valence-electron chi connectivity index (χ0n) is 11.9. The number of carbonyl (C=O) groups is 1. The number of methoxy groups -OCH3 is 1. The van der Waals surface area contributed by atoms with Gasteiger partial charge in [-0.05, 0) is 41.6 Å². The Kier molecular flexibility index (Phi) is 3.86. The van der Waals surface area contributed by atoms with Gasteiger partial charge >= 0.3 is 0 Å². The molecule has 0 bridgehead atoms. The monoisotopic (exact) mass is 295 g/mol. The Bertz CT molecular complexity index is 768. The van der Waals surface area contributed by atoms with Crippen LogP contribution in [0.4, 0.5) is 0 Å². The molecular formula is C15H13N5O2. The minimum Gasteiger partial charge on any atom is -0.497 e. The molecule has 110 valence electrons. The zero-order chi connectivity index (χ0) is 15.4. The molecule has 0 aliphatic heterocycles. The van der Waals surface area contributed by atoms with Gasteiger partial charge in [-0.15, -0.1) is 10.2 Å². The van der Waals surface area contributed by atoms with Gasteiger partial charge in [0.15, 0.2) is 5.78 Å². The van der Waals surface area contributed by atoms with E-state index in [1.54, 1.807) is 49.8 Å². The van der Waals surface area contributed by atoms with Gasteiger partial charge in [0.05, 0.1) is 7.11 Å². The second-order valence-electron chi connectivity index (χ2n) is 4.54. The molecule has 0 atom stereocenters. The maximum absolute atomic E-state index is 12.2. The van der Waals surface area contributed by atoms with E-state index in [2.05, 4.69) is 20.4 Å². The molecule has 1 aromatic carbocycles. The van der Waals surface area contributed by atoms with E-state index in [4.69, 9.17) is 4.74 Å². The fourth-order valence-corrected chi connectivity index (χ4v) is 1.92. The number of Topliss-reactive ketones (excluding diaryl/α,β-unsaturated/α-hetero) is 1. The van der Waals surface area contributed by atoms with E-state index in [1.165, 1.54) is 4.80 Å². The lowest BCUT2D eigenvalue weighted by Gasteiger charge is -2.02. The molecule has 22 heavy (non-hydrogen) atoms. The van der Waals surface area contributed by atoms with Gasteiger partial charge in [-0.3, -0.25) is 9.78 Å². The van der Waals surface area contributed by atoms with Crippen LogP contribution in [0.15, 0.2) is 48.8 Å². The highest BCUT2D eigenvalue weighted by Gasteiger charge is 2.11. The topological polar surface area (TPSA) is 82.8 Å². The van der Waals surface area contributed by atoms with Crippen LogP contribution in [0.25, 0.3) is 11.4 Å². The van der Waals surface area contributed by atoms with Crippen molar-refractivity contribution < 1.29 is 9.53 Å². The van der Waals surface area contributed by atoms with Crippen molar-refractivity contribution >= 4 is 5.78 Å². The normalized spacial score (nSPS) is 10.4. The number of pyridine rings is 1. The van der Waals surface area contributed by atoms with E-state index >= 15 is 0 Å². The fraction of sp³-hybridized carbons (Fsp3) is 0.133. The molecule has 0 aliphatic rings. The van der Waals surface area contributed by atoms with Gasteiger partial charge in [0, 0.05) is 23.5 Å². The van der Waals surface area contributed by atoms with E-state index in [0.717, 1.165) is 5.56 Å². The van der Waals surface area contributed by atoms with Gasteiger partial charge in [0.25, 0.3) is 0 Å². The number of hydrogen-bond acceptors (Lipinski definition) is 6. The minimum absolute atomic E-state index is 0.0274. The van der Waals surface area contributed by atoms with Crippen LogP contribution < -0.4 is 4.74 Å². The third-order valence-electron chi connectivity index (χ3n) is 3.07. The molecular weight excluding hydrogens is 282 g/mol. The molecule has 0 saturated heterocycles. The van der Waals surface area contributed by atoms with Gasteiger partial charge in [0.1, 0.15) is 12.3 Å². The highest BCUT2D eigenvalue weighted by atomic mass is 16.5. The van der Waals surface area contributed by atoms with Crippen molar-refractivity contribution in [3.63, 3.8) is 0 Å². The number of rotatable bonds is 5. The molecule has 0 unspecified atom stereocenters. The zero-order valence-corrected chi connectivity index (χ0v) is 11.9. The average molecular weight is 295 g/mol. The number of ketones is 1. The van der Waals surface area contributed by atoms with Crippen LogP contribution >= 0.6 is 0 Å². The van der Waals surface area contributed by atoms with Gasteiger partial charge in [0.2, 0.25) is 5.82 Å². The summed E-state index contributed by atoms with van der Waals surface area (Å²) in [5.41, 5.74) is 1.33. The van der Waals surface area contributed by atoms with Crippen molar-refractivity contribution in [2.24, 2.45) is 0 Å². The largest absolute Gasteiger partial charge is 0.497 e. The van der Waals surface area contributed by atoms with E-state index in [0.29, 0.717) is 17.1 Å². The Labute approximate surface area is 126 Å². The average Bonchev–Trinajstić information content (AvgIpc) is 3.04. The van der Waals surface area contributed by atoms with Crippen LogP contribution in [0.5, 0.6) is 5.75 Å². The SMILES string of the molecule is COc1ccc(C(=O)Cn2nnc(-c3cccnc3)n2)cc1. The summed E-state index contributed by atoms with van der Waals surface area (Å²) in [5, 5.41) is 12.0. The number of tetrazole rings is 1. The van der Waals surface area contributed by atoms with Gasteiger partial charge in [-0.25, -0.2) is 0 Å². The Hall–Kier alpha value is -3.09. The van der Waals surface area contributed by atoms with Crippen molar-refractivity contribution in [2.75, 3.05) is 7.11 Å². The molecule has 7 nitrogen and oxygen atoms in total. The summed E-state index contributed by atoms with van der Waals surface area (Å²) in [6.45, 7) is 0.0274. The maximum Gasteiger partial charge on any atom is 0.206 e. The highest BCUT2D eigenvalue weighted by molar-refractivity contribution is 5.95. The summed E-state index contributed by atoms with van der Waals surface area (Å²) in [6.07, 6.45) is 3.31. The van der Waals surface area contributed by atoms with Crippen molar-refractivity contribution in [1.29, 1.82) is 0 Å². The summed E-state index contributed by atoms with van der Waals surface area (Å²) in [4.78, 5) is 17.4. The summed E-state index contributed by atoms with van der Waals surface area (Å²) < 4.78 is 5.06. The molecule has 0 N–H and O–H groups in total. The number of nitrogens with zero attached hydrogens (tertiary/aromatic N) is 5. The van der Waals surface area contributed by atoms with Gasteiger partial charge in [-0.1, -0.05) is 0 Å². The first kappa shape index (κ1) is 13.9. The standard InChI is InChI=1S/C15H13N5O2/c1-22-13-6-4-11(5-7-13)14(21)10-20-18-15(17-19-20)12-3-2-8-16-9-12/h2-9H,10H2,1H3. The van der Waals surface area contributed by atoms with Crippen molar-refractivity contribution in [2.45, 2.75) is 6.54 Å². The Morgan fingerprint density at radius 2 is 2.05 bits per heavy atom. The number of aromatic nitrogens is 5. The molecule has 0 spiro atoms. The third kappa shape index (κ3) is 2.98. The Morgan fingerprint density at radius 1 is 1.23 bits per heavy atom. The van der Waals surface area contributed by atoms with Crippen LogP contribution in [0.1, 0.15) is 10.4 Å². The lowest BCUT2D eigenvalue weighted by molar-refractivity contribution is 0.0961. The molecule has 2 heterocycles. The lowest BCUT2D eigenvalue weighted by atomic mass is 10.1. The molecule has 0 saturated carbocycles. The molecule has 0 radical (unpaired) electrons. The van der Waals surface area contributed by atoms with Crippen LogP contribution in [0.2, 0.25) is 0 Å². The van der Waals surface area contributed by atoms with Crippen LogP contribution in [-0.2, 0) is 6.54 Å². The molecule has 7 heteroatoms. The summed E-state index contributed by atoms with van der Waals surface area (Å²) in [5.74, 6) is 1.04. The number of carbonyl (C=O) groups excluding carboxylic acids is 1. The van der Waals surface area contributed by atoms with Crippen LogP contribution in [0.3, 0.4) is 0 Å². The predicted molar refractivity (Wildman–Crippen MR) is 78.4 cm³/mol. The molecule has 2 aromatic heterocycles. The lowest BCUT2D eigenvalue weighted by Crippen LogP contribution is -2.13. The van der Waals surface area contributed by atoms with E-state index < -0.39 is 0 Å². The van der Waals surface area contributed by atoms with Crippen LogP contribution in [0, 0.1) is 0 Å². The highest BCUT2D eigenvalue weighted by Crippen LogP contribution is 2.13. The fourth-order valence-electron chi connectivity index (χ4n) is 1.92. The summed E-state index contributed by atoms with van der Waals surface area (Å²) in [6, 6.07) is 10.5. The third-order valence-corrected chi connectivity index (χ3v) is 3.07. The number of hydrogen-bond donors (Lipinski definition) is 0. The number of ether oxygens (including phenoxy) is 1. The van der Waals surface area contributed by atoms with Crippen molar-refractivity contribution in [1.82, 2.24) is 25.2 Å². The quantitative estimate of drug-likeness (QED) is 0.665. The molecule has 0 fully saturated rings. The molecule has 0 aliphatic carbocycles. The van der Waals surface area contributed by atoms with Crippen LogP contribution in [-0.4, -0.2) is 38.1 Å². The summed E-state index contributed by atoms with van der Waals surface area (Å²) in [7, 11) is 1.58. The predicted octanol–water partition coefficient (Wildman–Crippen LogP) is 1.63. The second kappa shape index (κ2) is 6.13. The second-order valence-corrected chi connectivity index (χ2v) is 4.54. The Morgan fingerprint density at radius 3 is 2.73 bits per heavy atom. The van der Waals surface area contributed by atoms with E-state index in [1.807, 2.05) is 6.07 Å². The summed E-state index contributed by atoms with van der Waals surface area (Å²) >= 11 is 0. The molecule has 3 rings (SSSR count). The molecule has 3 aromatic rings. The minimum atomic E-state index is -0.0993. The smallest absolute Gasteiger partial charge is 0.206 e. The van der Waals surface area contributed by atoms with E-state index in [9.17, 15) is 4.79 Å². The van der Waals surface area contributed by atoms with Gasteiger partial charge in [-0.2, -0.15) is 4.80 Å². The van der Waals surface area contributed by atoms with Crippen molar-refractivity contribution in [3.05, 3.63) is 54.4 Å². The maximum atomic E-state index is 12.2. The molecule has 0 amide bonds. The first-order chi connectivity index (χ1) is 10.8. The first-order valence-corrected chi connectivity index (χ1v) is 6.62.